The Bertz CT molecular complexity index is 1200. The summed E-state index contributed by atoms with van der Waals surface area (Å²) in [6.45, 7) is 8.19. The minimum Gasteiger partial charge on any atom is -0.363 e. The number of primary amides is 1. The molecule has 5 N–H and O–H groups in total. The molecule has 1 saturated heterocycles. The molecule has 1 aromatic carbocycles. The number of carbonyl (C=O) groups excluding carboxylic acids is 5. The third-order valence-electron chi connectivity index (χ3n) is 10.1. The van der Waals surface area contributed by atoms with Gasteiger partial charge in [0.05, 0.1) is 6.04 Å². The van der Waals surface area contributed by atoms with E-state index in [4.69, 9.17) is 5.73 Å². The van der Waals surface area contributed by atoms with Crippen molar-refractivity contribution in [1.82, 2.24) is 20.9 Å². The van der Waals surface area contributed by atoms with Gasteiger partial charge in [-0.2, -0.15) is 0 Å². The molecule has 1 heterocycles. The fraction of sp³-hybridized carbons (Fsp3) is 0.676. The molecule has 2 saturated carbocycles. The van der Waals surface area contributed by atoms with E-state index in [0.717, 1.165) is 56.9 Å². The average Bonchev–Trinajstić information content (AvgIpc) is 3.46. The van der Waals surface area contributed by atoms with Gasteiger partial charge in [0.2, 0.25) is 17.6 Å². The number of nitrogens with zero attached hydrogens (tertiary/aromatic N) is 1. The van der Waals surface area contributed by atoms with E-state index in [1.54, 1.807) is 0 Å². The highest BCUT2D eigenvalue weighted by molar-refractivity contribution is 6.37. The van der Waals surface area contributed by atoms with Crippen molar-refractivity contribution in [2.24, 2.45) is 17.1 Å². The van der Waals surface area contributed by atoms with E-state index < -0.39 is 52.7 Å². The Labute approximate surface area is 261 Å². The van der Waals surface area contributed by atoms with Crippen LogP contribution in [0.25, 0.3) is 0 Å². The molecule has 0 spiro atoms. The number of nitrogens with two attached hydrogens (primary N) is 1. The number of hydrogen-bond donors (Lipinski definition) is 4. The van der Waals surface area contributed by atoms with E-state index in [2.05, 4.69) is 35.0 Å². The van der Waals surface area contributed by atoms with Crippen molar-refractivity contribution in [3.05, 3.63) is 35.9 Å². The summed E-state index contributed by atoms with van der Waals surface area (Å²) in [5.74, 6) is -2.35. The number of ketones is 1. The molecule has 0 radical (unpaired) electrons. The van der Waals surface area contributed by atoms with E-state index in [-0.39, 0.29) is 17.7 Å². The second kappa shape index (κ2) is 14.1. The van der Waals surface area contributed by atoms with Crippen molar-refractivity contribution in [2.75, 3.05) is 6.54 Å². The van der Waals surface area contributed by atoms with E-state index in [1.165, 1.54) is 4.90 Å². The number of amides is 5. The molecule has 5 amide bonds. The first-order valence-corrected chi connectivity index (χ1v) is 16.4. The number of Topliss-reactive ketones (excluding diaryl/α,β-unsaturated/α-hetero) is 1. The van der Waals surface area contributed by atoms with Crippen LogP contribution in [0.15, 0.2) is 30.3 Å². The Kier molecular flexibility index (Phi) is 10.7. The second-order valence-electron chi connectivity index (χ2n) is 14.3. The molecule has 0 bridgehead atoms. The van der Waals surface area contributed by atoms with Crippen LogP contribution in [0.3, 0.4) is 0 Å². The van der Waals surface area contributed by atoms with Crippen LogP contribution < -0.4 is 21.7 Å². The Balaban J connectivity index is 1.48. The average molecular weight is 610 g/mol. The van der Waals surface area contributed by atoms with Crippen LogP contribution in [-0.2, 0) is 19.2 Å². The summed E-state index contributed by atoms with van der Waals surface area (Å²) >= 11 is 0. The zero-order valence-electron chi connectivity index (χ0n) is 26.8. The lowest BCUT2D eigenvalue weighted by Gasteiger charge is -2.44. The van der Waals surface area contributed by atoms with Crippen molar-refractivity contribution in [3.8, 4) is 0 Å². The largest absolute Gasteiger partial charge is 0.363 e. The van der Waals surface area contributed by atoms with Crippen LogP contribution in [-0.4, -0.2) is 64.6 Å². The van der Waals surface area contributed by atoms with Crippen LogP contribution in [0.4, 0.5) is 4.79 Å². The smallest absolute Gasteiger partial charge is 0.315 e. The summed E-state index contributed by atoms with van der Waals surface area (Å²) in [6.07, 6.45) is 9.22. The number of benzene rings is 1. The Morgan fingerprint density at radius 1 is 0.932 bits per heavy atom. The molecule has 0 aromatic heterocycles. The lowest BCUT2D eigenvalue weighted by Crippen LogP contribution is -2.63. The van der Waals surface area contributed by atoms with E-state index in [1.807, 2.05) is 39.0 Å². The van der Waals surface area contributed by atoms with Gasteiger partial charge in [0.25, 0.3) is 5.91 Å². The molecule has 10 heteroatoms. The number of carbonyl (C=O) groups is 5. The van der Waals surface area contributed by atoms with Gasteiger partial charge in [-0.05, 0) is 49.0 Å². The van der Waals surface area contributed by atoms with Crippen LogP contribution in [0.2, 0.25) is 0 Å². The maximum Gasteiger partial charge on any atom is 0.315 e. The van der Waals surface area contributed by atoms with Gasteiger partial charge in [0.1, 0.15) is 12.1 Å². The van der Waals surface area contributed by atoms with Crippen molar-refractivity contribution >= 4 is 29.5 Å². The maximum atomic E-state index is 14.1. The van der Waals surface area contributed by atoms with E-state index >= 15 is 0 Å². The van der Waals surface area contributed by atoms with Gasteiger partial charge in [0, 0.05) is 18.0 Å². The molecule has 2 aliphatic carbocycles. The molecule has 1 aromatic rings. The molecule has 3 aliphatic rings. The fourth-order valence-electron chi connectivity index (χ4n) is 7.15. The number of rotatable bonds is 11. The van der Waals surface area contributed by atoms with E-state index in [0.29, 0.717) is 25.8 Å². The molecule has 242 valence electrons. The van der Waals surface area contributed by atoms with Crippen molar-refractivity contribution in [1.29, 1.82) is 0 Å². The van der Waals surface area contributed by atoms with Gasteiger partial charge in [-0.25, -0.2) is 4.79 Å². The van der Waals surface area contributed by atoms with Crippen molar-refractivity contribution in [3.63, 3.8) is 0 Å². The highest BCUT2D eigenvalue weighted by atomic mass is 16.2. The van der Waals surface area contributed by atoms with Crippen LogP contribution in [0.5, 0.6) is 0 Å². The van der Waals surface area contributed by atoms with Gasteiger partial charge in [-0.1, -0.05) is 96.6 Å². The van der Waals surface area contributed by atoms with Crippen LogP contribution in [0.1, 0.15) is 110 Å². The third-order valence-corrected chi connectivity index (χ3v) is 10.1. The van der Waals surface area contributed by atoms with Gasteiger partial charge < -0.3 is 26.6 Å². The first-order chi connectivity index (χ1) is 20.8. The molecule has 4 atom stereocenters. The lowest BCUT2D eigenvalue weighted by molar-refractivity contribution is -0.143. The van der Waals surface area contributed by atoms with Gasteiger partial charge in [-0.3, -0.25) is 19.2 Å². The predicted molar refractivity (Wildman–Crippen MR) is 168 cm³/mol. The highest BCUT2D eigenvalue weighted by Gasteiger charge is 2.45. The predicted octanol–water partition coefficient (Wildman–Crippen LogP) is 3.93. The summed E-state index contributed by atoms with van der Waals surface area (Å²) in [4.78, 5) is 67.1. The summed E-state index contributed by atoms with van der Waals surface area (Å²) in [7, 11) is 0. The quantitative estimate of drug-likeness (QED) is 0.280. The number of nitrogens with one attached hydrogen (secondary N) is 3. The summed E-state index contributed by atoms with van der Waals surface area (Å²) in [6, 6.07) is 7.12. The normalized spacial score (nSPS) is 22.2. The monoisotopic (exact) mass is 609 g/mol. The minimum absolute atomic E-state index is 0.0844. The highest BCUT2D eigenvalue weighted by Crippen LogP contribution is 2.40. The van der Waals surface area contributed by atoms with Crippen LogP contribution in [0, 0.1) is 11.3 Å². The Morgan fingerprint density at radius 3 is 2.16 bits per heavy atom. The second-order valence-corrected chi connectivity index (χ2v) is 14.3. The summed E-state index contributed by atoms with van der Waals surface area (Å²) < 4.78 is 0. The first kappa shape index (κ1) is 33.5. The zero-order chi connectivity index (χ0) is 32.1. The van der Waals surface area contributed by atoms with Crippen molar-refractivity contribution < 1.29 is 24.0 Å². The zero-order valence-corrected chi connectivity index (χ0v) is 26.8. The Morgan fingerprint density at radius 2 is 1.59 bits per heavy atom. The Hall–Kier alpha value is -3.43. The molecule has 10 nitrogen and oxygen atoms in total. The standard InChI is InChI=1S/C34H51N5O5/c1-22(24-15-7-5-8-16-24)34(18-9-6-10-19-34)38-32(44)37-28(33(2,3)4)31(43)39-20-12-17-26(39)30(42)36-25(27(40)29(35)41)21-23-13-11-14-23/h5,7-8,15-16,22-23,25-26,28H,6,9-14,17-21H2,1-4H3,(H2,35,41)(H,36,42)(H2,37,38,44). The van der Waals surface area contributed by atoms with Gasteiger partial charge >= 0.3 is 6.03 Å². The third kappa shape index (κ3) is 7.80. The number of urea groups is 1. The van der Waals surface area contributed by atoms with E-state index in [9.17, 15) is 24.0 Å². The number of hydrogen-bond acceptors (Lipinski definition) is 5. The molecule has 4 rings (SSSR count). The molecule has 1 aliphatic heterocycles. The van der Waals surface area contributed by atoms with Gasteiger partial charge in [-0.15, -0.1) is 0 Å². The number of likely N-dealkylation sites (tertiary alicyclic amines) is 1. The van der Waals surface area contributed by atoms with Crippen LogP contribution >= 0.6 is 0 Å². The molecule has 4 unspecified atom stereocenters. The van der Waals surface area contributed by atoms with Crippen molar-refractivity contribution in [2.45, 2.75) is 128 Å². The lowest BCUT2D eigenvalue weighted by atomic mass is 9.71. The summed E-state index contributed by atoms with van der Waals surface area (Å²) in [5, 5.41) is 9.05. The topological polar surface area (TPSA) is 151 Å². The molecule has 44 heavy (non-hydrogen) atoms. The molecular formula is C34H51N5O5. The van der Waals surface area contributed by atoms with Gasteiger partial charge in [0.15, 0.2) is 0 Å². The maximum absolute atomic E-state index is 14.1. The molecular weight excluding hydrogens is 558 g/mol. The summed E-state index contributed by atoms with van der Waals surface area (Å²) in [5.41, 5.74) is 5.37. The minimum atomic E-state index is -1.07. The SMILES string of the molecule is CC(c1ccccc1)C1(NC(=O)NC(C(=O)N2CCCC2C(=O)NC(CC2CCC2)C(=O)C(N)=O)C(C)(C)C)CCCCC1. The molecule has 3 fully saturated rings. The fourth-order valence-corrected chi connectivity index (χ4v) is 7.15. The first-order valence-electron chi connectivity index (χ1n) is 16.4.